The minimum Gasteiger partial charge on any atom is -0.480 e. The van der Waals surface area contributed by atoms with E-state index in [9.17, 15) is 9.18 Å². The smallest absolute Gasteiger partial charge is 0.321 e. The van der Waals surface area contributed by atoms with Gasteiger partial charge in [0.25, 0.3) is 0 Å². The quantitative estimate of drug-likeness (QED) is 0.831. The second kappa shape index (κ2) is 4.61. The largest absolute Gasteiger partial charge is 0.480 e. The zero-order valence-electron chi connectivity index (χ0n) is 12.1. The average Bonchev–Trinajstić information content (AvgIpc) is 2.27. The zero-order chi connectivity index (χ0) is 15.0. The van der Waals surface area contributed by atoms with Crippen molar-refractivity contribution in [2.45, 2.75) is 32.7 Å². The summed E-state index contributed by atoms with van der Waals surface area (Å²) in [4.78, 5) is 11.0. The molecule has 0 heterocycles. The summed E-state index contributed by atoms with van der Waals surface area (Å²) >= 11 is 0. The second-order valence-electron chi connectivity index (χ2n) is 3.74. The topological polar surface area (TPSA) is 63.3 Å². The van der Waals surface area contributed by atoms with Crippen LogP contribution in [0, 0.1) is 19.7 Å². The van der Waals surface area contributed by atoms with Crippen LogP contribution in [-0.4, -0.2) is 17.1 Å². The molecule has 0 fully saturated rings. The molecule has 1 aromatic carbocycles. The van der Waals surface area contributed by atoms with Crippen LogP contribution in [0.4, 0.5) is 4.39 Å². The molecule has 3 N–H and O–H groups in total. The normalized spacial score (nSPS) is 18.1. The van der Waals surface area contributed by atoms with Gasteiger partial charge in [-0.25, -0.2) is 4.39 Å². The van der Waals surface area contributed by atoms with Crippen LogP contribution in [0.3, 0.4) is 0 Å². The van der Waals surface area contributed by atoms with Gasteiger partial charge in [-0.1, -0.05) is 12.9 Å². The summed E-state index contributed by atoms with van der Waals surface area (Å²) in [5, 5.41) is 8.93. The van der Waals surface area contributed by atoms with E-state index >= 15 is 0 Å². The van der Waals surface area contributed by atoms with Gasteiger partial charge < -0.3 is 10.8 Å². The molecule has 16 heavy (non-hydrogen) atoms. The molecule has 0 aliphatic rings. The lowest BCUT2D eigenvalue weighted by molar-refractivity contribution is -0.139. The van der Waals surface area contributed by atoms with Crippen LogP contribution in [0.15, 0.2) is 12.1 Å². The molecule has 0 spiro atoms. The van der Waals surface area contributed by atoms with E-state index in [0.717, 1.165) is 6.07 Å². The SMILES string of the molecule is [2H]C([2H])([2H])[C@H](c1c(F)ccc(C)c1C)[C@H](N)C(=O)O. The van der Waals surface area contributed by atoms with Gasteiger partial charge in [0, 0.05) is 10.0 Å². The molecule has 3 nitrogen and oxygen atoms in total. The fourth-order valence-corrected chi connectivity index (χ4v) is 1.51. The van der Waals surface area contributed by atoms with Crippen molar-refractivity contribution >= 4 is 5.97 Å². The Labute approximate surface area is 98.3 Å². The number of carboxylic acid groups (broad SMARTS) is 1. The molecule has 4 heteroatoms. The van der Waals surface area contributed by atoms with Crippen LogP contribution >= 0.6 is 0 Å². The van der Waals surface area contributed by atoms with Crippen LogP contribution in [-0.2, 0) is 4.79 Å². The van der Waals surface area contributed by atoms with Gasteiger partial charge in [0.05, 0.1) is 0 Å². The van der Waals surface area contributed by atoms with Gasteiger partial charge in [-0.2, -0.15) is 0 Å². The minimum atomic E-state index is -2.70. The van der Waals surface area contributed by atoms with Crippen molar-refractivity contribution in [2.24, 2.45) is 5.73 Å². The standard InChI is InChI=1S/C12H16FNO2/c1-6-4-5-9(13)10(7(6)2)8(3)11(14)12(15)16/h4-5,8,11H,14H2,1-3H3,(H,15,16)/t8-,11+/m1/s1/i3D3. The van der Waals surface area contributed by atoms with Crippen LogP contribution in [0.1, 0.15) is 33.6 Å². The Kier molecular flexibility index (Phi) is 2.51. The maximum Gasteiger partial charge on any atom is 0.321 e. The van der Waals surface area contributed by atoms with Gasteiger partial charge in [-0.3, -0.25) is 4.79 Å². The van der Waals surface area contributed by atoms with Crippen molar-refractivity contribution in [2.75, 3.05) is 0 Å². The first kappa shape index (κ1) is 8.70. The monoisotopic (exact) mass is 228 g/mol. The molecule has 0 aliphatic heterocycles. The number of aliphatic carboxylic acids is 1. The van der Waals surface area contributed by atoms with Crippen molar-refractivity contribution in [3.8, 4) is 0 Å². The van der Waals surface area contributed by atoms with Gasteiger partial charge in [0.15, 0.2) is 0 Å². The van der Waals surface area contributed by atoms with E-state index in [1.807, 2.05) is 0 Å². The van der Waals surface area contributed by atoms with Gasteiger partial charge in [0.2, 0.25) is 0 Å². The highest BCUT2D eigenvalue weighted by Crippen LogP contribution is 2.27. The summed E-state index contributed by atoms with van der Waals surface area (Å²) in [7, 11) is 0. The average molecular weight is 228 g/mol. The highest BCUT2D eigenvalue weighted by Gasteiger charge is 2.25. The van der Waals surface area contributed by atoms with Crippen LogP contribution in [0.2, 0.25) is 0 Å². The number of carboxylic acids is 1. The van der Waals surface area contributed by atoms with Gasteiger partial charge in [-0.15, -0.1) is 0 Å². The lowest BCUT2D eigenvalue weighted by Gasteiger charge is -2.20. The number of benzene rings is 1. The first-order valence-corrected chi connectivity index (χ1v) is 4.81. The number of hydrogen-bond acceptors (Lipinski definition) is 2. The number of aryl methyl sites for hydroxylation is 1. The number of hydrogen-bond donors (Lipinski definition) is 2. The van der Waals surface area contributed by atoms with E-state index in [-0.39, 0.29) is 5.56 Å². The lowest BCUT2D eigenvalue weighted by atomic mass is 9.88. The summed E-state index contributed by atoms with van der Waals surface area (Å²) in [5.41, 5.74) is 6.40. The summed E-state index contributed by atoms with van der Waals surface area (Å²) in [5.74, 6) is -3.80. The Balaban J connectivity index is 3.51. The Morgan fingerprint density at radius 1 is 1.56 bits per heavy atom. The molecule has 0 unspecified atom stereocenters. The third-order valence-electron chi connectivity index (χ3n) is 2.69. The Hall–Kier alpha value is -1.42. The van der Waals surface area contributed by atoms with Crippen LogP contribution in [0.25, 0.3) is 0 Å². The molecule has 88 valence electrons. The summed E-state index contributed by atoms with van der Waals surface area (Å²) < 4.78 is 36.2. The number of carbonyl (C=O) groups is 1. The third kappa shape index (κ3) is 2.22. The summed E-state index contributed by atoms with van der Waals surface area (Å²) in [6.45, 7) is 0.555. The van der Waals surface area contributed by atoms with Crippen molar-refractivity contribution in [3.05, 3.63) is 34.6 Å². The van der Waals surface area contributed by atoms with E-state index in [0.29, 0.717) is 11.1 Å². The van der Waals surface area contributed by atoms with Crippen molar-refractivity contribution in [1.82, 2.24) is 0 Å². The Morgan fingerprint density at radius 2 is 2.19 bits per heavy atom. The molecule has 1 rings (SSSR count). The summed E-state index contributed by atoms with van der Waals surface area (Å²) in [6.07, 6.45) is 0. The highest BCUT2D eigenvalue weighted by atomic mass is 19.1. The predicted molar refractivity (Wildman–Crippen MR) is 59.9 cm³/mol. The van der Waals surface area contributed by atoms with E-state index in [1.165, 1.54) is 6.07 Å². The predicted octanol–water partition coefficient (Wildman–Crippen LogP) is 1.96. The lowest BCUT2D eigenvalue weighted by Crippen LogP contribution is -2.36. The molecular weight excluding hydrogens is 209 g/mol. The van der Waals surface area contributed by atoms with E-state index in [4.69, 9.17) is 15.0 Å². The molecule has 0 radical (unpaired) electrons. The van der Waals surface area contributed by atoms with Gasteiger partial charge >= 0.3 is 5.97 Å². The van der Waals surface area contributed by atoms with Gasteiger partial charge in [0.1, 0.15) is 11.9 Å². The van der Waals surface area contributed by atoms with E-state index in [1.54, 1.807) is 13.8 Å². The van der Waals surface area contributed by atoms with Gasteiger partial charge in [-0.05, 0) is 36.6 Å². The van der Waals surface area contributed by atoms with E-state index in [2.05, 4.69) is 0 Å². The Bertz CT molecular complexity index is 502. The molecule has 2 atom stereocenters. The first-order chi connectivity index (χ1) is 8.57. The molecule has 0 saturated heterocycles. The number of halogens is 1. The molecule has 0 bridgehead atoms. The molecule has 0 amide bonds. The zero-order valence-corrected chi connectivity index (χ0v) is 9.12. The fraction of sp³-hybridized carbons (Fsp3) is 0.417. The van der Waals surface area contributed by atoms with Crippen LogP contribution < -0.4 is 5.73 Å². The van der Waals surface area contributed by atoms with E-state index < -0.39 is 30.6 Å². The van der Waals surface area contributed by atoms with Crippen LogP contribution in [0.5, 0.6) is 0 Å². The van der Waals surface area contributed by atoms with Crippen molar-refractivity contribution < 1.29 is 18.4 Å². The Morgan fingerprint density at radius 3 is 2.69 bits per heavy atom. The second-order valence-corrected chi connectivity index (χ2v) is 3.74. The maximum absolute atomic E-state index is 13.9. The summed E-state index contributed by atoms with van der Waals surface area (Å²) in [6, 6.07) is 0.949. The molecule has 0 aromatic heterocycles. The minimum absolute atomic E-state index is 0.144. The van der Waals surface area contributed by atoms with Crippen molar-refractivity contribution in [3.63, 3.8) is 0 Å². The molecular formula is C12H16FNO2. The molecule has 0 saturated carbocycles. The highest BCUT2D eigenvalue weighted by molar-refractivity contribution is 5.74. The fourth-order valence-electron chi connectivity index (χ4n) is 1.51. The first-order valence-electron chi connectivity index (χ1n) is 6.31. The molecule has 1 aromatic rings. The van der Waals surface area contributed by atoms with Crippen molar-refractivity contribution in [1.29, 1.82) is 0 Å². The number of rotatable bonds is 3. The third-order valence-corrected chi connectivity index (χ3v) is 2.69. The maximum atomic E-state index is 13.9. The molecule has 0 aliphatic carbocycles. The number of nitrogens with two attached hydrogens (primary N) is 1.